The summed E-state index contributed by atoms with van der Waals surface area (Å²) in [5.74, 6) is -0.441. The first-order valence-electron chi connectivity index (χ1n) is 4.16. The smallest absolute Gasteiger partial charge is 1.00 e. The molecule has 0 aromatic rings. The Morgan fingerprint density at radius 2 is 2.00 bits per heavy atom. The van der Waals surface area contributed by atoms with E-state index >= 15 is 0 Å². The van der Waals surface area contributed by atoms with Gasteiger partial charge in [0, 0.05) is 0 Å². The second kappa shape index (κ2) is 6.22. The van der Waals surface area contributed by atoms with Crippen molar-refractivity contribution in [3.05, 3.63) is 0 Å². The molecule has 0 radical (unpaired) electrons. The summed E-state index contributed by atoms with van der Waals surface area (Å²) in [6, 6.07) is 0. The summed E-state index contributed by atoms with van der Waals surface area (Å²) in [5, 5.41) is 8.84. The number of aliphatic carboxylic acids is 1. The molecule has 0 amide bonds. The van der Waals surface area contributed by atoms with Crippen LogP contribution in [0.1, 0.15) is 43.4 Å². The molecule has 0 aromatic carbocycles. The van der Waals surface area contributed by atoms with Gasteiger partial charge in [0.1, 0.15) is 0 Å². The van der Waals surface area contributed by atoms with Gasteiger partial charge in [0.15, 0.2) is 0 Å². The van der Waals surface area contributed by atoms with Gasteiger partial charge < -0.3 is 7.96 Å². The number of rotatable bonds is 4. The van der Waals surface area contributed by atoms with Crippen LogP contribution in [0.15, 0.2) is 0 Å². The maximum Gasteiger partial charge on any atom is 2.00 e. The van der Waals surface area contributed by atoms with Crippen molar-refractivity contribution < 1.29 is 12.8 Å². The van der Waals surface area contributed by atoms with Crippen LogP contribution >= 0.6 is 0 Å². The third kappa shape index (κ3) is 4.11. The Morgan fingerprint density at radius 1 is 1.58 bits per heavy atom. The molecule has 1 N–H and O–H groups in total. The van der Waals surface area contributed by atoms with E-state index in [1.165, 1.54) is 0 Å². The topological polar surface area (TPSA) is 37.3 Å². The fraction of sp³-hybridized carbons (Fsp3) is 0.889. The minimum atomic E-state index is -0.696. The Morgan fingerprint density at radius 3 is 2.25 bits per heavy atom. The summed E-state index contributed by atoms with van der Waals surface area (Å²) >= 11 is 0. The van der Waals surface area contributed by atoms with Gasteiger partial charge in [-0.05, 0) is 26.2 Å². The number of carboxylic acid groups (broad SMARTS) is 1. The van der Waals surface area contributed by atoms with E-state index in [4.69, 9.17) is 5.11 Å². The van der Waals surface area contributed by atoms with Gasteiger partial charge in [-0.3, -0.25) is 4.79 Å². The Labute approximate surface area is 108 Å². The third-order valence-corrected chi connectivity index (χ3v) is 2.50. The minimum Gasteiger partial charge on any atom is -1.00 e. The molecule has 0 heterocycles. The Kier molecular flexibility index (Phi) is 7.89. The zero-order valence-corrected chi connectivity index (χ0v) is 10.8. The predicted molar refractivity (Wildman–Crippen MR) is 53.5 cm³/mol. The fourth-order valence-electron chi connectivity index (χ4n) is 1.00. The van der Waals surface area contributed by atoms with E-state index in [0.717, 1.165) is 12.8 Å². The minimum absolute atomic E-state index is 0. The molecular weight excluding hydrogens is 180 g/mol. The van der Waals surface area contributed by atoms with Crippen LogP contribution in [-0.2, 0) is 4.79 Å². The summed E-state index contributed by atoms with van der Waals surface area (Å²) in [4.78, 5) is 10.7. The molecule has 1 unspecified atom stereocenters. The van der Waals surface area contributed by atoms with Crippen LogP contribution < -0.4 is 0 Å². The predicted octanol–water partition coefficient (Wildman–Crippen LogP) is 2.38. The molecule has 0 aliphatic rings. The molecule has 0 aliphatic heterocycles. The van der Waals surface area contributed by atoms with Crippen LogP contribution in [0.2, 0.25) is 0 Å². The van der Waals surface area contributed by atoms with Gasteiger partial charge in [0.05, 0.1) is 5.41 Å². The van der Waals surface area contributed by atoms with Gasteiger partial charge in [-0.15, -0.1) is 0 Å². The largest absolute Gasteiger partial charge is 2.00 e. The summed E-state index contributed by atoms with van der Waals surface area (Å²) in [7, 11) is 0. The molecule has 0 aliphatic carbocycles. The molecule has 70 valence electrons. The van der Waals surface area contributed by atoms with Gasteiger partial charge in [-0.2, -0.15) is 0 Å². The van der Waals surface area contributed by atoms with Crippen molar-refractivity contribution in [3.8, 4) is 0 Å². The van der Waals surface area contributed by atoms with Gasteiger partial charge in [0.2, 0.25) is 0 Å². The Bertz CT molecular complexity index is 152. The van der Waals surface area contributed by atoms with E-state index in [-0.39, 0.29) is 46.5 Å². The summed E-state index contributed by atoms with van der Waals surface area (Å²) in [5.41, 5.74) is -0.573. The molecule has 0 bridgehead atoms. The molecule has 0 saturated carbocycles. The zero-order chi connectivity index (χ0) is 9.07. The average Bonchev–Trinajstić information content (AvgIpc) is 1.88. The summed E-state index contributed by atoms with van der Waals surface area (Å²) < 4.78 is 0. The maximum absolute atomic E-state index is 10.7. The van der Waals surface area contributed by atoms with Gasteiger partial charge >= 0.3 is 43.7 Å². The molecule has 3 heteroatoms. The van der Waals surface area contributed by atoms with E-state index in [1.54, 1.807) is 13.8 Å². The van der Waals surface area contributed by atoms with Crippen LogP contribution in [-0.4, -0.2) is 48.8 Å². The van der Waals surface area contributed by atoms with Crippen LogP contribution in [0, 0.1) is 11.3 Å². The van der Waals surface area contributed by atoms with Crippen molar-refractivity contribution in [3.63, 3.8) is 0 Å². The molecule has 0 aromatic heterocycles. The zero-order valence-electron chi connectivity index (χ0n) is 10.6. The van der Waals surface area contributed by atoms with Gasteiger partial charge in [0.25, 0.3) is 0 Å². The molecule has 0 spiro atoms. The molecule has 1 atom stereocenters. The van der Waals surface area contributed by atoms with Gasteiger partial charge in [-0.25, -0.2) is 0 Å². The Hall–Kier alpha value is 0.730. The number of carboxylic acids is 1. The van der Waals surface area contributed by atoms with Crippen molar-refractivity contribution >= 4 is 43.7 Å². The maximum atomic E-state index is 10.7. The molecule has 0 saturated heterocycles. The van der Waals surface area contributed by atoms with E-state index in [0.29, 0.717) is 0 Å². The standard InChI is InChI=1S/C9H18O2.Ca.2H/c1-5-6-7(2)9(3,4)8(10)11;;;/h7H,5-6H2,1-4H3,(H,10,11);;;/q;+2;2*-1. The van der Waals surface area contributed by atoms with E-state index < -0.39 is 11.4 Å². The first kappa shape index (κ1) is 15.2. The quantitative estimate of drug-likeness (QED) is 0.707. The Balaban J connectivity index is -0.000000167. The van der Waals surface area contributed by atoms with Crippen molar-refractivity contribution in [2.75, 3.05) is 0 Å². The van der Waals surface area contributed by atoms with Crippen LogP contribution in [0.25, 0.3) is 0 Å². The number of carbonyl (C=O) groups is 1. The van der Waals surface area contributed by atoms with Gasteiger partial charge in [-0.1, -0.05) is 20.3 Å². The second-order valence-electron chi connectivity index (χ2n) is 3.72. The van der Waals surface area contributed by atoms with Crippen LogP contribution in [0.5, 0.6) is 0 Å². The van der Waals surface area contributed by atoms with Crippen molar-refractivity contribution in [2.45, 2.75) is 40.5 Å². The first-order chi connectivity index (χ1) is 4.92. The summed E-state index contributed by atoms with van der Waals surface area (Å²) in [6.45, 7) is 7.65. The number of hydrogen-bond acceptors (Lipinski definition) is 1. The second-order valence-corrected chi connectivity index (χ2v) is 3.72. The van der Waals surface area contributed by atoms with Crippen molar-refractivity contribution in [1.29, 1.82) is 0 Å². The van der Waals surface area contributed by atoms with Crippen molar-refractivity contribution in [1.82, 2.24) is 0 Å². The molecule has 2 nitrogen and oxygen atoms in total. The van der Waals surface area contributed by atoms with E-state index in [1.807, 2.05) is 6.92 Å². The van der Waals surface area contributed by atoms with Crippen molar-refractivity contribution in [2.24, 2.45) is 11.3 Å². The molecule has 12 heavy (non-hydrogen) atoms. The SMILES string of the molecule is CCCC(C)C(C)(C)C(=O)O.[Ca+2].[H-].[H-]. The first-order valence-corrected chi connectivity index (χ1v) is 4.16. The number of hydrogen-bond donors (Lipinski definition) is 1. The normalized spacial score (nSPS) is 13.3. The average molecular weight is 200 g/mol. The summed E-state index contributed by atoms with van der Waals surface area (Å²) in [6.07, 6.45) is 2.04. The molecular formula is C9H20CaO2. The van der Waals surface area contributed by atoms with E-state index in [2.05, 4.69) is 6.92 Å². The molecule has 0 rings (SSSR count). The van der Waals surface area contributed by atoms with Crippen LogP contribution in [0.3, 0.4) is 0 Å². The van der Waals surface area contributed by atoms with E-state index in [9.17, 15) is 4.79 Å². The van der Waals surface area contributed by atoms with Crippen LogP contribution in [0.4, 0.5) is 0 Å². The monoisotopic (exact) mass is 200 g/mol. The molecule has 0 fully saturated rings. The third-order valence-electron chi connectivity index (χ3n) is 2.50. The fourth-order valence-corrected chi connectivity index (χ4v) is 1.00.